The number of rotatable bonds is 7. The van der Waals surface area contributed by atoms with Gasteiger partial charge in [-0.05, 0) is 18.6 Å². The first-order valence-electron chi connectivity index (χ1n) is 8.17. The Balaban J connectivity index is 1.94. The van der Waals surface area contributed by atoms with Crippen molar-refractivity contribution in [3.63, 3.8) is 0 Å². The van der Waals surface area contributed by atoms with Crippen LogP contribution in [-0.4, -0.2) is 42.6 Å². The first-order valence-corrected chi connectivity index (χ1v) is 8.17. The number of hydrogen-bond acceptors (Lipinski definition) is 8. The second-order valence-corrected chi connectivity index (χ2v) is 5.89. The van der Waals surface area contributed by atoms with Gasteiger partial charge < -0.3 is 26.7 Å². The van der Waals surface area contributed by atoms with Crippen molar-refractivity contribution in [1.29, 1.82) is 0 Å². The third-order valence-electron chi connectivity index (χ3n) is 3.94. The van der Waals surface area contributed by atoms with Gasteiger partial charge in [-0.15, -0.1) is 10.2 Å². The Bertz CT molecular complexity index is 1010. The molecule has 27 heavy (non-hydrogen) atoms. The zero-order valence-electron chi connectivity index (χ0n) is 14.8. The molecule has 6 N–H and O–H groups in total. The summed E-state index contributed by atoms with van der Waals surface area (Å²) in [6.07, 6.45) is 3.92. The second-order valence-electron chi connectivity index (χ2n) is 5.89. The summed E-state index contributed by atoms with van der Waals surface area (Å²) in [6, 6.07) is 3.09. The normalized spacial score (nSPS) is 11.9. The number of hydrogen-bond donors (Lipinski definition) is 4. The summed E-state index contributed by atoms with van der Waals surface area (Å²) in [6.45, 7) is 1.79. The lowest BCUT2D eigenvalue weighted by molar-refractivity contribution is -0.118. The van der Waals surface area contributed by atoms with E-state index < -0.39 is 17.9 Å². The summed E-state index contributed by atoms with van der Waals surface area (Å²) in [5.74, 6) is -1.20. The van der Waals surface area contributed by atoms with Gasteiger partial charge in [0.2, 0.25) is 11.9 Å². The molecule has 2 amide bonds. The summed E-state index contributed by atoms with van der Waals surface area (Å²) in [4.78, 5) is 31.6. The number of pyridine rings is 1. The minimum absolute atomic E-state index is 0.0434. The van der Waals surface area contributed by atoms with Gasteiger partial charge in [-0.3, -0.25) is 9.59 Å². The fourth-order valence-corrected chi connectivity index (χ4v) is 2.53. The van der Waals surface area contributed by atoms with Crippen LogP contribution in [0.4, 0.5) is 17.5 Å². The monoisotopic (exact) mass is 369 g/mol. The van der Waals surface area contributed by atoms with E-state index in [9.17, 15) is 9.59 Å². The average molecular weight is 369 g/mol. The molecule has 0 aliphatic rings. The number of fused-ring (bicyclic) bond motifs is 1. The Kier molecular flexibility index (Phi) is 4.83. The molecule has 0 aromatic carbocycles. The molecular weight excluding hydrogens is 350 g/mol. The molecule has 140 valence electrons. The van der Waals surface area contributed by atoms with Gasteiger partial charge in [0.05, 0.1) is 11.9 Å². The van der Waals surface area contributed by atoms with Crippen LogP contribution >= 0.6 is 0 Å². The zero-order valence-corrected chi connectivity index (χ0v) is 14.8. The molecule has 3 rings (SSSR count). The first-order chi connectivity index (χ1) is 12.9. The molecule has 0 unspecified atom stereocenters. The van der Waals surface area contributed by atoms with Crippen LogP contribution in [-0.2, 0) is 11.8 Å². The minimum atomic E-state index is -0.792. The third-order valence-corrected chi connectivity index (χ3v) is 3.94. The van der Waals surface area contributed by atoms with E-state index in [-0.39, 0.29) is 17.5 Å². The van der Waals surface area contributed by atoms with Crippen molar-refractivity contribution in [2.75, 3.05) is 10.6 Å². The fourth-order valence-electron chi connectivity index (χ4n) is 2.53. The summed E-state index contributed by atoms with van der Waals surface area (Å²) in [7, 11) is 1.89. The molecule has 0 aliphatic carbocycles. The number of carbonyl (C=O) groups excluding carboxylic acids is 2. The van der Waals surface area contributed by atoms with Crippen molar-refractivity contribution >= 4 is 40.3 Å². The van der Waals surface area contributed by atoms with Crippen LogP contribution in [0.5, 0.6) is 0 Å². The molecule has 0 saturated heterocycles. The number of anilines is 3. The number of primary amides is 2. The highest BCUT2D eigenvalue weighted by molar-refractivity contribution is 5.96. The molecule has 0 spiro atoms. The molecule has 3 aromatic heterocycles. The highest BCUT2D eigenvalue weighted by Crippen LogP contribution is 2.22. The van der Waals surface area contributed by atoms with Gasteiger partial charge in [-0.2, -0.15) is 4.98 Å². The van der Waals surface area contributed by atoms with Crippen LogP contribution in [0, 0.1) is 0 Å². The van der Waals surface area contributed by atoms with E-state index in [2.05, 4.69) is 30.8 Å². The lowest BCUT2D eigenvalue weighted by Crippen LogP contribution is -2.35. The quantitative estimate of drug-likeness (QED) is 0.460. The number of aryl methyl sites for hydroxylation is 1. The van der Waals surface area contributed by atoms with E-state index >= 15 is 0 Å². The van der Waals surface area contributed by atoms with Crippen LogP contribution in [0.1, 0.15) is 23.8 Å². The molecule has 0 saturated carbocycles. The highest BCUT2D eigenvalue weighted by atomic mass is 16.1. The van der Waals surface area contributed by atoms with E-state index in [0.29, 0.717) is 12.1 Å². The van der Waals surface area contributed by atoms with Crippen molar-refractivity contribution in [2.45, 2.75) is 19.4 Å². The predicted molar refractivity (Wildman–Crippen MR) is 99.2 cm³/mol. The van der Waals surface area contributed by atoms with Crippen LogP contribution in [0.15, 0.2) is 24.5 Å². The van der Waals surface area contributed by atoms with Gasteiger partial charge in [0.15, 0.2) is 11.5 Å². The Labute approximate surface area is 154 Å². The van der Waals surface area contributed by atoms with Crippen molar-refractivity contribution in [1.82, 2.24) is 24.7 Å². The maximum atomic E-state index is 11.7. The van der Waals surface area contributed by atoms with Crippen LogP contribution in [0.25, 0.3) is 11.0 Å². The maximum Gasteiger partial charge on any atom is 0.273 e. The van der Waals surface area contributed by atoms with E-state index in [1.807, 2.05) is 29.9 Å². The van der Waals surface area contributed by atoms with Gasteiger partial charge in [-0.1, -0.05) is 6.92 Å². The van der Waals surface area contributed by atoms with E-state index in [1.54, 1.807) is 13.1 Å². The van der Waals surface area contributed by atoms with Crippen molar-refractivity contribution in [2.24, 2.45) is 18.5 Å². The second kappa shape index (κ2) is 7.23. The number of nitrogens with zero attached hydrogens (tertiary/aromatic N) is 5. The number of aromatic nitrogens is 5. The maximum absolute atomic E-state index is 11.7. The van der Waals surface area contributed by atoms with Crippen LogP contribution in [0.2, 0.25) is 0 Å². The van der Waals surface area contributed by atoms with Gasteiger partial charge in [0, 0.05) is 18.6 Å². The van der Waals surface area contributed by atoms with Crippen molar-refractivity contribution in [3.8, 4) is 0 Å². The number of amides is 2. The van der Waals surface area contributed by atoms with Crippen molar-refractivity contribution < 1.29 is 9.59 Å². The van der Waals surface area contributed by atoms with Gasteiger partial charge in [0.25, 0.3) is 5.91 Å². The predicted octanol–water partition coefficient (Wildman–Crippen LogP) is 0.277. The zero-order chi connectivity index (χ0) is 19.6. The average Bonchev–Trinajstić information content (AvgIpc) is 2.99. The molecule has 0 bridgehead atoms. The number of nitrogens with one attached hydrogen (secondary N) is 2. The molecular formula is C16H19N9O2. The molecule has 11 nitrogen and oxygen atoms in total. The molecule has 3 heterocycles. The molecule has 1 atom stereocenters. The number of nitrogens with two attached hydrogens (primary N) is 2. The molecule has 11 heteroatoms. The van der Waals surface area contributed by atoms with Gasteiger partial charge >= 0.3 is 0 Å². The van der Waals surface area contributed by atoms with Crippen LogP contribution < -0.4 is 22.1 Å². The largest absolute Gasteiger partial charge is 0.368 e. The first kappa shape index (κ1) is 18.0. The smallest absolute Gasteiger partial charge is 0.273 e. The molecule has 0 radical (unpaired) electrons. The fraction of sp³-hybridized carbons (Fsp3) is 0.250. The number of carbonyl (C=O) groups is 2. The summed E-state index contributed by atoms with van der Waals surface area (Å²) < 4.78 is 1.89. The van der Waals surface area contributed by atoms with Crippen molar-refractivity contribution in [3.05, 3.63) is 30.2 Å². The lowest BCUT2D eigenvalue weighted by Gasteiger charge is -2.14. The Morgan fingerprint density at radius 1 is 1.30 bits per heavy atom. The van der Waals surface area contributed by atoms with E-state index in [0.717, 1.165) is 11.0 Å². The topological polar surface area (TPSA) is 167 Å². The summed E-state index contributed by atoms with van der Waals surface area (Å²) in [5, 5.41) is 14.2. The Morgan fingerprint density at radius 2 is 2.07 bits per heavy atom. The lowest BCUT2D eigenvalue weighted by atomic mass is 10.2. The summed E-state index contributed by atoms with van der Waals surface area (Å²) in [5.41, 5.74) is 11.9. The van der Waals surface area contributed by atoms with Crippen LogP contribution in [0.3, 0.4) is 0 Å². The third kappa shape index (κ3) is 3.76. The molecule has 0 fully saturated rings. The summed E-state index contributed by atoms with van der Waals surface area (Å²) >= 11 is 0. The molecule has 0 aliphatic heterocycles. The van der Waals surface area contributed by atoms with Gasteiger partial charge in [-0.25, -0.2) is 4.98 Å². The van der Waals surface area contributed by atoms with E-state index in [4.69, 9.17) is 11.5 Å². The highest BCUT2D eigenvalue weighted by Gasteiger charge is 2.18. The standard InChI is InChI=1S/C16H19N9O2/c1-3-10(12(17)26)21-16-22-14(11(13(18)27)23-24-16)20-9-6-8-4-5-25(2)15(8)19-7-9/h4-7,10H,3H2,1-2H3,(H2,17,26)(H2,18,27)(H2,20,21,22,24)/t10-/m1/s1. The molecule has 3 aromatic rings. The minimum Gasteiger partial charge on any atom is -0.368 e. The Hall–Kier alpha value is -3.76. The SMILES string of the molecule is CC[C@@H](Nc1nnc(C(N)=O)c(Nc2cnc3c(ccn3C)c2)n1)C(N)=O. The Morgan fingerprint density at radius 3 is 2.74 bits per heavy atom. The van der Waals surface area contributed by atoms with E-state index in [1.165, 1.54) is 0 Å². The van der Waals surface area contributed by atoms with Gasteiger partial charge in [0.1, 0.15) is 11.7 Å².